The molecule has 4 heteroatoms. The van der Waals surface area contributed by atoms with E-state index in [1.807, 2.05) is 32.0 Å². The zero-order valence-electron chi connectivity index (χ0n) is 16.2. The molecule has 2 rings (SSSR count). The summed E-state index contributed by atoms with van der Waals surface area (Å²) in [6.45, 7) is 5.12. The molecule has 4 atom stereocenters. The fourth-order valence-electron chi connectivity index (χ4n) is 3.81. The Morgan fingerprint density at radius 1 is 1.32 bits per heavy atom. The summed E-state index contributed by atoms with van der Waals surface area (Å²) in [5, 5.41) is 0. The zero-order chi connectivity index (χ0) is 18.4. The third-order valence-corrected chi connectivity index (χ3v) is 5.54. The minimum absolute atomic E-state index is 0.124. The maximum Gasteiger partial charge on any atom is 0.328 e. The van der Waals surface area contributed by atoms with Crippen molar-refractivity contribution < 1.29 is 9.53 Å². The molecular weight excluding hydrogens is 312 g/mol. The standard InChI is InChI=1S/C21H34N2O2/c1-5-15(2)20(22)21(24)25-18-11-8-10-16(13-18)19-12-7-6-9-17(19)14-23(3)4/h8,10-11,13,15,17,19-20H,5-7,9,12,14,22H2,1-4H3/t15-,17+,19-,20-/m0/s1. The van der Waals surface area contributed by atoms with Gasteiger partial charge in [0.2, 0.25) is 0 Å². The van der Waals surface area contributed by atoms with Gasteiger partial charge >= 0.3 is 5.97 Å². The van der Waals surface area contributed by atoms with Crippen molar-refractivity contribution in [2.75, 3.05) is 20.6 Å². The number of benzene rings is 1. The first-order chi connectivity index (χ1) is 11.9. The summed E-state index contributed by atoms with van der Waals surface area (Å²) in [6, 6.07) is 7.50. The largest absolute Gasteiger partial charge is 0.425 e. The number of ether oxygens (including phenoxy) is 1. The van der Waals surface area contributed by atoms with Crippen LogP contribution in [0.3, 0.4) is 0 Å². The molecule has 1 aromatic rings. The lowest BCUT2D eigenvalue weighted by molar-refractivity contribution is -0.137. The van der Waals surface area contributed by atoms with Gasteiger partial charge in [-0.25, -0.2) is 4.79 Å². The highest BCUT2D eigenvalue weighted by atomic mass is 16.5. The first-order valence-corrected chi connectivity index (χ1v) is 9.64. The smallest absolute Gasteiger partial charge is 0.328 e. The normalized spacial score (nSPS) is 23.3. The van der Waals surface area contributed by atoms with Crippen LogP contribution in [0, 0.1) is 11.8 Å². The number of carbonyl (C=O) groups is 1. The number of rotatable bonds is 7. The van der Waals surface area contributed by atoms with Crippen LogP contribution in [-0.4, -0.2) is 37.6 Å². The lowest BCUT2D eigenvalue weighted by Gasteiger charge is -2.34. The van der Waals surface area contributed by atoms with Crippen molar-refractivity contribution in [1.82, 2.24) is 4.90 Å². The quantitative estimate of drug-likeness (QED) is 0.603. The molecule has 0 unspecified atom stereocenters. The van der Waals surface area contributed by atoms with Gasteiger partial charge in [-0.1, -0.05) is 45.2 Å². The Morgan fingerprint density at radius 2 is 2.04 bits per heavy atom. The molecule has 1 saturated carbocycles. The Labute approximate surface area is 152 Å². The average Bonchev–Trinajstić information content (AvgIpc) is 2.60. The van der Waals surface area contributed by atoms with E-state index < -0.39 is 6.04 Å². The second-order valence-electron chi connectivity index (χ2n) is 7.82. The van der Waals surface area contributed by atoms with Gasteiger partial charge in [0, 0.05) is 6.54 Å². The van der Waals surface area contributed by atoms with Crippen molar-refractivity contribution >= 4 is 5.97 Å². The van der Waals surface area contributed by atoms with Gasteiger partial charge in [0.1, 0.15) is 11.8 Å². The van der Waals surface area contributed by atoms with Crippen LogP contribution in [0.1, 0.15) is 57.4 Å². The van der Waals surface area contributed by atoms with Gasteiger partial charge in [-0.15, -0.1) is 0 Å². The SMILES string of the molecule is CC[C@H](C)[C@H](N)C(=O)Oc1cccc([C@@H]2CCCC[C@@H]2CN(C)C)c1. The van der Waals surface area contributed by atoms with Crippen LogP contribution in [0.5, 0.6) is 5.75 Å². The predicted molar refractivity (Wildman–Crippen MR) is 103 cm³/mol. The molecule has 1 aliphatic rings. The molecule has 0 saturated heterocycles. The maximum atomic E-state index is 12.3. The van der Waals surface area contributed by atoms with Gasteiger partial charge in [-0.3, -0.25) is 0 Å². The van der Waals surface area contributed by atoms with Crippen LogP contribution in [0.25, 0.3) is 0 Å². The lowest BCUT2D eigenvalue weighted by atomic mass is 9.75. The van der Waals surface area contributed by atoms with Crippen molar-refractivity contribution in [3.05, 3.63) is 29.8 Å². The molecule has 1 fully saturated rings. The Kier molecular flexibility index (Phi) is 7.45. The fourth-order valence-corrected chi connectivity index (χ4v) is 3.81. The molecule has 0 amide bonds. The van der Waals surface area contributed by atoms with Gasteiger partial charge in [-0.2, -0.15) is 0 Å². The van der Waals surface area contributed by atoms with E-state index >= 15 is 0 Å². The summed E-state index contributed by atoms with van der Waals surface area (Å²) in [6.07, 6.45) is 5.93. The van der Waals surface area contributed by atoms with Crippen LogP contribution in [-0.2, 0) is 4.79 Å². The van der Waals surface area contributed by atoms with Crippen LogP contribution < -0.4 is 10.5 Å². The highest BCUT2D eigenvalue weighted by molar-refractivity contribution is 5.78. The molecule has 1 aromatic carbocycles. The van der Waals surface area contributed by atoms with Crippen LogP contribution in [0.15, 0.2) is 24.3 Å². The van der Waals surface area contributed by atoms with Crippen LogP contribution in [0.4, 0.5) is 0 Å². The lowest BCUT2D eigenvalue weighted by Crippen LogP contribution is -2.39. The number of nitrogens with zero attached hydrogens (tertiary/aromatic N) is 1. The molecule has 2 N–H and O–H groups in total. The molecule has 1 aliphatic carbocycles. The molecule has 0 aromatic heterocycles. The highest BCUT2D eigenvalue weighted by Crippen LogP contribution is 2.39. The van der Waals surface area contributed by atoms with Gasteiger partial charge in [0.15, 0.2) is 0 Å². The monoisotopic (exact) mass is 346 g/mol. The minimum Gasteiger partial charge on any atom is -0.425 e. The number of nitrogens with two attached hydrogens (primary N) is 1. The summed E-state index contributed by atoms with van der Waals surface area (Å²) in [5.74, 6) is 1.61. The van der Waals surface area contributed by atoms with Crippen molar-refractivity contribution in [3.63, 3.8) is 0 Å². The summed E-state index contributed by atoms with van der Waals surface area (Å²) < 4.78 is 5.57. The van der Waals surface area contributed by atoms with Crippen LogP contribution >= 0.6 is 0 Å². The van der Waals surface area contributed by atoms with E-state index in [9.17, 15) is 4.79 Å². The molecule has 0 bridgehead atoms. The molecular formula is C21H34N2O2. The summed E-state index contributed by atoms with van der Waals surface area (Å²) in [4.78, 5) is 14.5. The highest BCUT2D eigenvalue weighted by Gasteiger charge is 2.27. The predicted octanol–water partition coefficient (Wildman–Crippen LogP) is 3.80. The van der Waals surface area contributed by atoms with E-state index in [-0.39, 0.29) is 11.9 Å². The van der Waals surface area contributed by atoms with Crippen molar-refractivity contribution in [2.24, 2.45) is 17.6 Å². The van der Waals surface area contributed by atoms with Crippen molar-refractivity contribution in [1.29, 1.82) is 0 Å². The third kappa shape index (κ3) is 5.55. The van der Waals surface area contributed by atoms with E-state index in [2.05, 4.69) is 25.1 Å². The van der Waals surface area contributed by atoms with Crippen molar-refractivity contribution in [2.45, 2.75) is 57.9 Å². The van der Waals surface area contributed by atoms with E-state index in [1.54, 1.807) is 0 Å². The third-order valence-electron chi connectivity index (χ3n) is 5.54. The van der Waals surface area contributed by atoms with Gasteiger partial charge in [0.05, 0.1) is 0 Å². The van der Waals surface area contributed by atoms with E-state index in [0.717, 1.165) is 13.0 Å². The minimum atomic E-state index is -0.565. The van der Waals surface area contributed by atoms with Crippen LogP contribution in [0.2, 0.25) is 0 Å². The Bertz CT molecular complexity index is 559. The maximum absolute atomic E-state index is 12.3. The summed E-state index contributed by atoms with van der Waals surface area (Å²) in [5.41, 5.74) is 7.28. The molecule has 0 spiro atoms. The first-order valence-electron chi connectivity index (χ1n) is 9.64. The summed E-state index contributed by atoms with van der Waals surface area (Å²) in [7, 11) is 4.28. The average molecular weight is 347 g/mol. The fraction of sp³-hybridized carbons (Fsp3) is 0.667. The number of hydrogen-bond donors (Lipinski definition) is 1. The molecule has 140 valence electrons. The zero-order valence-corrected chi connectivity index (χ0v) is 16.2. The molecule has 0 aliphatic heterocycles. The van der Waals surface area contributed by atoms with Crippen molar-refractivity contribution in [3.8, 4) is 5.75 Å². The topological polar surface area (TPSA) is 55.6 Å². The van der Waals surface area contributed by atoms with E-state index in [1.165, 1.54) is 31.2 Å². The van der Waals surface area contributed by atoms with E-state index in [4.69, 9.17) is 10.5 Å². The number of esters is 1. The summed E-state index contributed by atoms with van der Waals surface area (Å²) >= 11 is 0. The van der Waals surface area contributed by atoms with E-state index in [0.29, 0.717) is 17.6 Å². The Hall–Kier alpha value is -1.39. The Balaban J connectivity index is 2.10. The first kappa shape index (κ1) is 19.9. The molecule has 4 nitrogen and oxygen atoms in total. The second-order valence-corrected chi connectivity index (χ2v) is 7.82. The second kappa shape index (κ2) is 9.35. The van der Waals surface area contributed by atoms with Gasteiger partial charge < -0.3 is 15.4 Å². The van der Waals surface area contributed by atoms with Gasteiger partial charge in [0.25, 0.3) is 0 Å². The number of hydrogen-bond acceptors (Lipinski definition) is 4. The molecule has 0 radical (unpaired) electrons. The molecule has 25 heavy (non-hydrogen) atoms. The Morgan fingerprint density at radius 3 is 2.72 bits per heavy atom. The van der Waals surface area contributed by atoms with Gasteiger partial charge in [-0.05, 0) is 62.4 Å². The number of carbonyl (C=O) groups excluding carboxylic acids is 1. The molecule has 0 heterocycles.